The molecule has 1 N–H and O–H groups in total. The summed E-state index contributed by atoms with van der Waals surface area (Å²) in [6.07, 6.45) is 2.85. The van der Waals surface area contributed by atoms with Crippen LogP contribution in [0.25, 0.3) is 0 Å². The molecule has 1 aliphatic carbocycles. The van der Waals surface area contributed by atoms with E-state index in [1.807, 2.05) is 5.18 Å². The molecule has 114 valence electrons. The van der Waals surface area contributed by atoms with Crippen LogP contribution in [0.1, 0.15) is 46.0 Å². The van der Waals surface area contributed by atoms with Crippen LogP contribution in [-0.4, -0.2) is 31.7 Å². The molecule has 0 aromatic rings. The standard InChI is InChI=1S/C14H23NO5/c1-3-19-12(16)9-14(10-15-18)7-5-11(6-8-14)13(17)20-4-2/h11H,3-10H2,1-2H3/p+1. The highest BCUT2D eigenvalue weighted by molar-refractivity contribution is 5.73. The highest BCUT2D eigenvalue weighted by Gasteiger charge is 2.42. The Bertz CT molecular complexity index is 347. The molecule has 0 bridgehead atoms. The largest absolute Gasteiger partial charge is 0.466 e. The zero-order valence-corrected chi connectivity index (χ0v) is 12.3. The van der Waals surface area contributed by atoms with E-state index in [4.69, 9.17) is 9.47 Å². The van der Waals surface area contributed by atoms with Crippen LogP contribution in [0.5, 0.6) is 0 Å². The van der Waals surface area contributed by atoms with Crippen molar-refractivity contribution < 1.29 is 24.2 Å². The van der Waals surface area contributed by atoms with Crippen LogP contribution in [0, 0.1) is 16.2 Å². The predicted molar refractivity (Wildman–Crippen MR) is 71.5 cm³/mol. The van der Waals surface area contributed by atoms with Crippen molar-refractivity contribution in [3.05, 3.63) is 4.91 Å². The zero-order chi connectivity index (χ0) is 15.0. The van der Waals surface area contributed by atoms with Gasteiger partial charge in [0.2, 0.25) is 0 Å². The van der Waals surface area contributed by atoms with E-state index in [1.165, 1.54) is 0 Å². The van der Waals surface area contributed by atoms with E-state index in [9.17, 15) is 14.5 Å². The monoisotopic (exact) mass is 286 g/mol. The lowest BCUT2D eigenvalue weighted by Crippen LogP contribution is -2.70. The fourth-order valence-corrected chi connectivity index (χ4v) is 2.81. The van der Waals surface area contributed by atoms with Gasteiger partial charge in [0.15, 0.2) is 6.54 Å². The fourth-order valence-electron chi connectivity index (χ4n) is 2.81. The van der Waals surface area contributed by atoms with Crippen molar-refractivity contribution in [2.45, 2.75) is 46.0 Å². The third-order valence-electron chi connectivity index (χ3n) is 3.94. The maximum Gasteiger partial charge on any atom is 0.308 e. The molecule has 0 amide bonds. The summed E-state index contributed by atoms with van der Waals surface area (Å²) in [5, 5.41) is 1.92. The van der Waals surface area contributed by atoms with Gasteiger partial charge in [0, 0.05) is 10.3 Å². The normalized spacial score (nSPS) is 25.8. The summed E-state index contributed by atoms with van der Waals surface area (Å²) < 4.78 is 9.99. The van der Waals surface area contributed by atoms with Gasteiger partial charge < -0.3 is 9.47 Å². The predicted octanol–water partition coefficient (Wildman–Crippen LogP) is 0.526. The van der Waals surface area contributed by atoms with E-state index in [0.29, 0.717) is 38.9 Å². The molecule has 1 aliphatic rings. The van der Waals surface area contributed by atoms with Gasteiger partial charge in [-0.2, -0.15) is 0 Å². The van der Waals surface area contributed by atoms with Crippen molar-refractivity contribution in [3.8, 4) is 0 Å². The number of hydrogen-bond acceptors (Lipinski definition) is 5. The van der Waals surface area contributed by atoms with Crippen LogP contribution in [-0.2, 0) is 19.1 Å². The smallest absolute Gasteiger partial charge is 0.308 e. The Balaban J connectivity index is 2.60. The molecule has 0 aromatic heterocycles. The molecule has 0 spiro atoms. The van der Waals surface area contributed by atoms with Crippen LogP contribution in [0.3, 0.4) is 0 Å². The Kier molecular flexibility index (Phi) is 6.61. The lowest BCUT2D eigenvalue weighted by atomic mass is 9.68. The second-order valence-electron chi connectivity index (χ2n) is 5.33. The molecule has 0 aromatic carbocycles. The number of esters is 2. The number of hydrogen-bond donors (Lipinski definition) is 1. The van der Waals surface area contributed by atoms with Crippen molar-refractivity contribution >= 4 is 11.9 Å². The molecule has 0 aliphatic heterocycles. The maximum absolute atomic E-state index is 11.7. The van der Waals surface area contributed by atoms with E-state index < -0.39 is 5.41 Å². The minimum absolute atomic E-state index is 0.114. The van der Waals surface area contributed by atoms with Gasteiger partial charge in [-0.05, 0) is 44.7 Å². The maximum atomic E-state index is 11.7. The SMILES string of the molecule is CCOC(=O)CC1(C[NH+]=O)CCC(C(=O)OCC)CC1. The van der Waals surface area contributed by atoms with Gasteiger partial charge in [-0.25, -0.2) is 0 Å². The van der Waals surface area contributed by atoms with Gasteiger partial charge in [-0.15, -0.1) is 0 Å². The van der Waals surface area contributed by atoms with E-state index in [0.717, 1.165) is 0 Å². The first kappa shape index (κ1) is 16.6. The van der Waals surface area contributed by atoms with Gasteiger partial charge in [-0.1, -0.05) is 0 Å². The molecule has 1 fully saturated rings. The Morgan fingerprint density at radius 1 is 1.15 bits per heavy atom. The van der Waals surface area contributed by atoms with Gasteiger partial charge in [0.25, 0.3) is 0 Å². The highest BCUT2D eigenvalue weighted by Crippen LogP contribution is 2.41. The van der Waals surface area contributed by atoms with Gasteiger partial charge in [0.05, 0.1) is 25.6 Å². The summed E-state index contributed by atoms with van der Waals surface area (Å²) in [5.41, 5.74) is -0.392. The summed E-state index contributed by atoms with van der Waals surface area (Å²) in [5.74, 6) is -0.568. The van der Waals surface area contributed by atoms with Crippen molar-refractivity contribution in [1.29, 1.82) is 0 Å². The lowest BCUT2D eigenvalue weighted by Gasteiger charge is -2.34. The molecule has 0 heterocycles. The van der Waals surface area contributed by atoms with Crippen LogP contribution >= 0.6 is 0 Å². The Morgan fingerprint density at radius 3 is 2.25 bits per heavy atom. The van der Waals surface area contributed by atoms with Crippen molar-refractivity contribution in [1.82, 2.24) is 0 Å². The molecule has 0 radical (unpaired) electrons. The molecular weight excluding hydrogens is 262 g/mol. The van der Waals surface area contributed by atoms with Crippen LogP contribution < -0.4 is 5.18 Å². The minimum Gasteiger partial charge on any atom is -0.466 e. The number of carbonyl (C=O) groups is 2. The molecule has 1 rings (SSSR count). The third-order valence-corrected chi connectivity index (χ3v) is 3.94. The zero-order valence-electron chi connectivity index (χ0n) is 12.3. The summed E-state index contributed by atoms with van der Waals surface area (Å²) in [6, 6.07) is 0. The van der Waals surface area contributed by atoms with Crippen LogP contribution in [0.2, 0.25) is 0 Å². The molecule has 6 heteroatoms. The van der Waals surface area contributed by atoms with Crippen LogP contribution in [0.15, 0.2) is 0 Å². The summed E-state index contributed by atoms with van der Waals surface area (Å²) >= 11 is 0. The number of nitroso groups, excluding NO2 is 1. The molecule has 6 nitrogen and oxygen atoms in total. The Morgan fingerprint density at radius 2 is 1.75 bits per heavy atom. The molecule has 20 heavy (non-hydrogen) atoms. The lowest BCUT2D eigenvalue weighted by molar-refractivity contribution is -0.500. The minimum atomic E-state index is -0.392. The summed E-state index contributed by atoms with van der Waals surface area (Å²) in [7, 11) is 0. The van der Waals surface area contributed by atoms with E-state index >= 15 is 0 Å². The summed E-state index contributed by atoms with van der Waals surface area (Å²) in [6.45, 7) is 4.49. The molecule has 1 saturated carbocycles. The molecule has 0 unspecified atom stereocenters. The second kappa shape index (κ2) is 7.97. The van der Waals surface area contributed by atoms with Crippen molar-refractivity contribution in [2.75, 3.05) is 19.8 Å². The Labute approximate surface area is 119 Å². The fraction of sp³-hybridized carbons (Fsp3) is 0.857. The second-order valence-corrected chi connectivity index (χ2v) is 5.33. The molecule has 0 atom stereocenters. The van der Waals surface area contributed by atoms with Gasteiger partial charge >= 0.3 is 11.9 Å². The van der Waals surface area contributed by atoms with Crippen molar-refractivity contribution in [2.24, 2.45) is 11.3 Å². The van der Waals surface area contributed by atoms with E-state index in [2.05, 4.69) is 0 Å². The first-order valence-corrected chi connectivity index (χ1v) is 7.24. The molecular formula is C14H24NO5+. The quantitative estimate of drug-likeness (QED) is 0.690. The average molecular weight is 286 g/mol. The third kappa shape index (κ3) is 4.58. The molecule has 0 saturated heterocycles. The van der Waals surface area contributed by atoms with Gasteiger partial charge in [-0.3, -0.25) is 9.59 Å². The average Bonchev–Trinajstić information content (AvgIpc) is 2.40. The first-order valence-electron chi connectivity index (χ1n) is 7.24. The number of rotatable bonds is 7. The van der Waals surface area contributed by atoms with Crippen molar-refractivity contribution in [3.63, 3.8) is 0 Å². The number of ether oxygens (including phenoxy) is 2. The summed E-state index contributed by atoms with van der Waals surface area (Å²) in [4.78, 5) is 34.1. The van der Waals surface area contributed by atoms with E-state index in [1.54, 1.807) is 13.8 Å². The Hall–Kier alpha value is -1.46. The number of carbonyl (C=O) groups excluding carboxylic acids is 2. The van der Waals surface area contributed by atoms with Gasteiger partial charge in [0.1, 0.15) is 0 Å². The highest BCUT2D eigenvalue weighted by atomic mass is 16.5. The topological polar surface area (TPSA) is 83.6 Å². The first-order chi connectivity index (χ1) is 9.56. The van der Waals surface area contributed by atoms with Crippen LogP contribution in [0.4, 0.5) is 0 Å². The van der Waals surface area contributed by atoms with E-state index in [-0.39, 0.29) is 30.8 Å². The number of nitrogens with one attached hydrogen (secondary N) is 1.